The van der Waals surface area contributed by atoms with Gasteiger partial charge in [-0.2, -0.15) is 0 Å². The zero-order valence-electron chi connectivity index (χ0n) is 27.1. The average molecular weight is 609 g/mol. The van der Waals surface area contributed by atoms with Gasteiger partial charge >= 0.3 is 0 Å². The van der Waals surface area contributed by atoms with Crippen LogP contribution in [0.1, 0.15) is 80.8 Å². The zero-order valence-corrected chi connectivity index (χ0v) is 27.1. The van der Waals surface area contributed by atoms with Crippen molar-refractivity contribution in [3.63, 3.8) is 0 Å². The fraction of sp³-hybridized carbons (Fsp3) is 0.385. The number of ether oxygens (including phenoxy) is 2. The monoisotopic (exact) mass is 608 g/mol. The molecule has 0 amide bonds. The predicted octanol–water partition coefficient (Wildman–Crippen LogP) is 8.02. The lowest BCUT2D eigenvalue weighted by molar-refractivity contribution is -0.121. The molecule has 1 saturated heterocycles. The van der Waals surface area contributed by atoms with Crippen molar-refractivity contribution in [1.29, 1.82) is 0 Å². The van der Waals surface area contributed by atoms with Crippen LogP contribution in [0.15, 0.2) is 96.1 Å². The number of nitrogens with two attached hydrogens (primary N) is 1. The van der Waals surface area contributed by atoms with Gasteiger partial charge in [0.05, 0.1) is 0 Å². The number of rotatable bonds is 17. The molecule has 2 N–H and O–H groups in total. The predicted molar refractivity (Wildman–Crippen MR) is 182 cm³/mol. The molecule has 45 heavy (non-hydrogen) atoms. The molecule has 1 aliphatic rings. The third-order valence-corrected chi connectivity index (χ3v) is 8.27. The molecule has 4 rings (SSSR count). The van der Waals surface area contributed by atoms with Crippen LogP contribution < -0.4 is 15.2 Å². The molecule has 6 heteroatoms. The smallest absolute Gasteiger partial charge is 0.162 e. The standard InChI is InChI=1S/C39H48N2O4/c1-29(2)39(33-17-21-35(22-18-33)44-27-31-11-5-4-6-12-31)34(26-41-23-9-10-24-41)25-30(3)37(42)13-7-8-14-38(43)32-15-19-36(20-16-32)45-28-40/h4-6,11-12,15-22,25,30H,7-10,13-14,23-24,26-28,40H2,1-3H3. The Morgan fingerprint density at radius 3 is 2.04 bits per heavy atom. The van der Waals surface area contributed by atoms with E-state index in [4.69, 9.17) is 15.2 Å². The molecule has 238 valence electrons. The van der Waals surface area contributed by atoms with Gasteiger partial charge in [-0.3, -0.25) is 20.2 Å². The molecule has 6 nitrogen and oxygen atoms in total. The Morgan fingerprint density at radius 2 is 1.42 bits per heavy atom. The van der Waals surface area contributed by atoms with Gasteiger partial charge < -0.3 is 9.47 Å². The van der Waals surface area contributed by atoms with Crippen LogP contribution in [0.2, 0.25) is 0 Å². The van der Waals surface area contributed by atoms with E-state index in [2.05, 4.69) is 49.1 Å². The molecular weight excluding hydrogens is 560 g/mol. The Labute approximate surface area is 268 Å². The van der Waals surface area contributed by atoms with E-state index >= 15 is 0 Å². The van der Waals surface area contributed by atoms with Crippen molar-refractivity contribution < 1.29 is 19.1 Å². The third-order valence-electron chi connectivity index (χ3n) is 8.27. The van der Waals surface area contributed by atoms with Gasteiger partial charge in [0.25, 0.3) is 0 Å². The van der Waals surface area contributed by atoms with Gasteiger partial charge in [-0.1, -0.05) is 61.0 Å². The summed E-state index contributed by atoms with van der Waals surface area (Å²) in [4.78, 5) is 28.4. The van der Waals surface area contributed by atoms with Crippen molar-refractivity contribution in [2.75, 3.05) is 26.4 Å². The molecule has 3 aromatic carbocycles. The number of allylic oxidation sites excluding steroid dienone is 2. The second kappa shape index (κ2) is 17.5. The number of carbonyl (C=O) groups is 2. The van der Waals surface area contributed by atoms with E-state index in [0.29, 0.717) is 43.6 Å². The fourth-order valence-corrected chi connectivity index (χ4v) is 5.84. The van der Waals surface area contributed by atoms with Gasteiger partial charge in [0.1, 0.15) is 30.6 Å². The Balaban J connectivity index is 1.39. The molecule has 1 aliphatic heterocycles. The van der Waals surface area contributed by atoms with Crippen molar-refractivity contribution in [2.45, 2.75) is 65.9 Å². The fourth-order valence-electron chi connectivity index (χ4n) is 5.84. The minimum absolute atomic E-state index is 0.0762. The molecule has 1 heterocycles. The van der Waals surface area contributed by atoms with Gasteiger partial charge in [0.15, 0.2) is 5.78 Å². The van der Waals surface area contributed by atoms with Crippen molar-refractivity contribution in [3.05, 3.63) is 113 Å². The van der Waals surface area contributed by atoms with E-state index in [-0.39, 0.29) is 24.2 Å². The lowest BCUT2D eigenvalue weighted by atomic mass is 9.89. The van der Waals surface area contributed by atoms with Gasteiger partial charge in [0, 0.05) is 30.9 Å². The van der Waals surface area contributed by atoms with Gasteiger partial charge in [-0.15, -0.1) is 0 Å². The molecular formula is C39H48N2O4. The number of Topliss-reactive ketones (excluding diaryl/α,β-unsaturated/α-hetero) is 2. The summed E-state index contributed by atoms with van der Waals surface area (Å²) in [6.45, 7) is 9.92. The topological polar surface area (TPSA) is 81.9 Å². The van der Waals surface area contributed by atoms with Gasteiger partial charge in [-0.25, -0.2) is 0 Å². The average Bonchev–Trinajstić information content (AvgIpc) is 3.56. The summed E-state index contributed by atoms with van der Waals surface area (Å²) in [5.74, 6) is 1.55. The lowest BCUT2D eigenvalue weighted by Crippen LogP contribution is -2.23. The summed E-state index contributed by atoms with van der Waals surface area (Å²) in [6, 6.07) is 25.5. The van der Waals surface area contributed by atoms with E-state index in [1.54, 1.807) is 24.3 Å². The maximum atomic E-state index is 13.3. The first kappa shape index (κ1) is 33.9. The molecule has 0 bridgehead atoms. The first-order valence-electron chi connectivity index (χ1n) is 16.2. The number of ketones is 2. The Kier molecular flexibility index (Phi) is 13.2. The van der Waals surface area contributed by atoms with Crippen LogP contribution in [-0.2, 0) is 11.4 Å². The number of nitrogens with zero attached hydrogens (tertiary/aromatic N) is 1. The summed E-state index contributed by atoms with van der Waals surface area (Å²) in [5, 5.41) is 0. The minimum Gasteiger partial charge on any atom is -0.489 e. The maximum absolute atomic E-state index is 13.3. The number of hydrogen-bond donors (Lipinski definition) is 1. The van der Waals surface area contributed by atoms with E-state index in [9.17, 15) is 9.59 Å². The summed E-state index contributed by atoms with van der Waals surface area (Å²) in [7, 11) is 0. The highest BCUT2D eigenvalue weighted by atomic mass is 16.5. The molecule has 0 aromatic heterocycles. The van der Waals surface area contributed by atoms with Crippen LogP contribution >= 0.6 is 0 Å². The number of unbranched alkanes of at least 4 members (excludes halogenated alkanes) is 1. The van der Waals surface area contributed by atoms with E-state index in [0.717, 1.165) is 36.5 Å². The van der Waals surface area contributed by atoms with Crippen LogP contribution in [-0.4, -0.2) is 42.8 Å². The zero-order chi connectivity index (χ0) is 32.0. The summed E-state index contributed by atoms with van der Waals surface area (Å²) < 4.78 is 11.3. The molecule has 0 aliphatic carbocycles. The molecule has 0 spiro atoms. The van der Waals surface area contributed by atoms with Crippen LogP contribution in [0.4, 0.5) is 0 Å². The summed E-state index contributed by atoms with van der Waals surface area (Å²) >= 11 is 0. The largest absolute Gasteiger partial charge is 0.489 e. The Bertz CT molecular complexity index is 1430. The van der Waals surface area contributed by atoms with Crippen molar-refractivity contribution in [3.8, 4) is 11.5 Å². The van der Waals surface area contributed by atoms with E-state index in [1.165, 1.54) is 29.6 Å². The minimum atomic E-state index is -0.212. The van der Waals surface area contributed by atoms with Gasteiger partial charge in [-0.05, 0) is 111 Å². The SMILES string of the molecule is CC(C)=C(C(=CC(C)C(=O)CCCCC(=O)c1ccc(OCN)cc1)CN1CCCC1)c1ccc(OCc2ccccc2)cc1. The molecule has 3 aromatic rings. The maximum Gasteiger partial charge on any atom is 0.162 e. The first-order chi connectivity index (χ1) is 21.8. The van der Waals surface area contributed by atoms with Crippen LogP contribution in [0, 0.1) is 5.92 Å². The number of hydrogen-bond acceptors (Lipinski definition) is 6. The normalized spacial score (nSPS) is 14.2. The molecule has 1 unspecified atom stereocenters. The Morgan fingerprint density at radius 1 is 0.822 bits per heavy atom. The molecule has 0 saturated carbocycles. The van der Waals surface area contributed by atoms with E-state index < -0.39 is 0 Å². The number of benzene rings is 3. The van der Waals surface area contributed by atoms with E-state index in [1.807, 2.05) is 37.3 Å². The highest BCUT2D eigenvalue weighted by Crippen LogP contribution is 2.31. The summed E-state index contributed by atoms with van der Waals surface area (Å²) in [5.41, 5.74) is 11.9. The molecule has 1 atom stereocenters. The van der Waals surface area contributed by atoms with Crippen molar-refractivity contribution in [1.82, 2.24) is 4.90 Å². The van der Waals surface area contributed by atoms with Crippen LogP contribution in [0.3, 0.4) is 0 Å². The highest BCUT2D eigenvalue weighted by molar-refractivity contribution is 5.96. The number of likely N-dealkylation sites (tertiary alicyclic amines) is 1. The molecule has 0 radical (unpaired) electrons. The van der Waals surface area contributed by atoms with Gasteiger partial charge in [0.2, 0.25) is 0 Å². The third kappa shape index (κ3) is 10.5. The lowest BCUT2D eigenvalue weighted by Gasteiger charge is -2.23. The van der Waals surface area contributed by atoms with Crippen molar-refractivity contribution >= 4 is 17.1 Å². The second-order valence-electron chi connectivity index (χ2n) is 12.1. The second-order valence-corrected chi connectivity index (χ2v) is 12.1. The first-order valence-corrected chi connectivity index (χ1v) is 16.2. The van der Waals surface area contributed by atoms with Crippen LogP contribution in [0.5, 0.6) is 11.5 Å². The van der Waals surface area contributed by atoms with Crippen molar-refractivity contribution in [2.24, 2.45) is 11.7 Å². The number of carbonyl (C=O) groups excluding carboxylic acids is 2. The Hall–Kier alpha value is -4.00. The molecule has 1 fully saturated rings. The quantitative estimate of drug-likeness (QED) is 0.0723. The summed E-state index contributed by atoms with van der Waals surface area (Å²) in [6.07, 6.45) is 6.86. The van der Waals surface area contributed by atoms with Crippen LogP contribution in [0.25, 0.3) is 5.57 Å². The highest BCUT2D eigenvalue weighted by Gasteiger charge is 2.20.